The van der Waals surface area contributed by atoms with E-state index >= 15 is 0 Å². The summed E-state index contributed by atoms with van der Waals surface area (Å²) in [5, 5.41) is 4.38. The van der Waals surface area contributed by atoms with Crippen LogP contribution in [0.3, 0.4) is 0 Å². The van der Waals surface area contributed by atoms with Crippen molar-refractivity contribution in [1.29, 1.82) is 0 Å². The van der Waals surface area contributed by atoms with Crippen LogP contribution in [0.4, 0.5) is 0 Å². The summed E-state index contributed by atoms with van der Waals surface area (Å²) >= 11 is 11.8. The first-order valence-corrected chi connectivity index (χ1v) is 5.08. The van der Waals surface area contributed by atoms with Gasteiger partial charge in [-0.05, 0) is 29.8 Å². The topological polar surface area (TPSA) is 38.0 Å². The molecule has 1 aromatic carbocycles. The van der Waals surface area contributed by atoms with Gasteiger partial charge in [0.05, 0.1) is 5.82 Å². The highest BCUT2D eigenvalue weighted by molar-refractivity contribution is 6.34. The van der Waals surface area contributed by atoms with E-state index in [4.69, 9.17) is 28.9 Å². The SMILES string of the molecule is NC1=C[C@@H](c2cc(Cl)cc(Cl)c2)CN1. The number of rotatable bonds is 1. The Bertz CT molecular complexity index is 367. The molecule has 0 aromatic heterocycles. The normalized spacial score (nSPS) is 20.4. The zero-order valence-corrected chi connectivity index (χ0v) is 8.94. The summed E-state index contributed by atoms with van der Waals surface area (Å²) in [7, 11) is 0. The molecular weight excluding hydrogens is 219 g/mol. The highest BCUT2D eigenvalue weighted by atomic mass is 35.5. The van der Waals surface area contributed by atoms with Gasteiger partial charge in [0, 0.05) is 22.5 Å². The summed E-state index contributed by atoms with van der Waals surface area (Å²) in [6, 6.07) is 5.55. The van der Waals surface area contributed by atoms with Crippen molar-refractivity contribution in [3.63, 3.8) is 0 Å². The van der Waals surface area contributed by atoms with E-state index in [2.05, 4.69) is 5.32 Å². The molecule has 0 fully saturated rings. The average molecular weight is 229 g/mol. The molecule has 2 rings (SSSR count). The number of nitrogens with two attached hydrogens (primary N) is 1. The predicted molar refractivity (Wildman–Crippen MR) is 59.5 cm³/mol. The van der Waals surface area contributed by atoms with Crippen LogP contribution >= 0.6 is 23.2 Å². The minimum Gasteiger partial charge on any atom is -0.386 e. The minimum atomic E-state index is 0.270. The second kappa shape index (κ2) is 3.71. The van der Waals surface area contributed by atoms with Crippen molar-refractivity contribution in [1.82, 2.24) is 5.32 Å². The summed E-state index contributed by atoms with van der Waals surface area (Å²) in [6.45, 7) is 0.808. The third kappa shape index (κ3) is 1.97. The summed E-state index contributed by atoms with van der Waals surface area (Å²) in [4.78, 5) is 0. The number of benzene rings is 1. The van der Waals surface area contributed by atoms with E-state index in [-0.39, 0.29) is 5.92 Å². The molecule has 1 heterocycles. The Hall–Kier alpha value is -0.860. The van der Waals surface area contributed by atoms with Crippen LogP contribution in [0.1, 0.15) is 11.5 Å². The molecule has 4 heteroatoms. The molecule has 0 saturated carbocycles. The molecule has 0 radical (unpaired) electrons. The molecule has 1 aliphatic heterocycles. The third-order valence-corrected chi connectivity index (χ3v) is 2.66. The maximum Gasteiger partial charge on any atom is 0.0926 e. The lowest BCUT2D eigenvalue weighted by Crippen LogP contribution is -2.15. The number of nitrogens with one attached hydrogen (secondary N) is 1. The zero-order valence-electron chi connectivity index (χ0n) is 7.43. The van der Waals surface area contributed by atoms with Gasteiger partial charge in [0.1, 0.15) is 0 Å². The van der Waals surface area contributed by atoms with Crippen molar-refractivity contribution < 1.29 is 0 Å². The van der Waals surface area contributed by atoms with Crippen LogP contribution in [0.15, 0.2) is 30.1 Å². The van der Waals surface area contributed by atoms with Gasteiger partial charge in [-0.3, -0.25) is 0 Å². The van der Waals surface area contributed by atoms with E-state index < -0.39 is 0 Å². The molecule has 2 nitrogen and oxygen atoms in total. The molecule has 1 aromatic rings. The Labute approximate surface area is 92.7 Å². The first-order chi connectivity index (χ1) is 6.65. The van der Waals surface area contributed by atoms with Gasteiger partial charge in [-0.1, -0.05) is 23.2 Å². The first-order valence-electron chi connectivity index (χ1n) is 4.32. The van der Waals surface area contributed by atoms with Gasteiger partial charge in [-0.15, -0.1) is 0 Å². The average Bonchev–Trinajstić information content (AvgIpc) is 2.50. The fraction of sp³-hybridized carbons (Fsp3) is 0.200. The number of hydrogen-bond donors (Lipinski definition) is 2. The maximum atomic E-state index is 5.91. The molecule has 3 N–H and O–H groups in total. The van der Waals surface area contributed by atoms with E-state index in [0.29, 0.717) is 15.9 Å². The predicted octanol–water partition coefficient (Wildman–Crippen LogP) is 2.48. The highest BCUT2D eigenvalue weighted by Crippen LogP contribution is 2.27. The third-order valence-electron chi connectivity index (χ3n) is 2.22. The van der Waals surface area contributed by atoms with Crippen molar-refractivity contribution in [3.05, 3.63) is 45.7 Å². The molecule has 0 aliphatic carbocycles. The van der Waals surface area contributed by atoms with Gasteiger partial charge >= 0.3 is 0 Å². The molecule has 14 heavy (non-hydrogen) atoms. The molecule has 0 bridgehead atoms. The van der Waals surface area contributed by atoms with Crippen molar-refractivity contribution in [2.45, 2.75) is 5.92 Å². The summed E-state index contributed by atoms with van der Waals surface area (Å²) in [5.74, 6) is 0.984. The summed E-state index contributed by atoms with van der Waals surface area (Å²) in [5.41, 5.74) is 6.72. The van der Waals surface area contributed by atoms with Crippen molar-refractivity contribution in [2.75, 3.05) is 6.54 Å². The van der Waals surface area contributed by atoms with Crippen LogP contribution < -0.4 is 11.1 Å². The molecule has 1 atom stereocenters. The largest absolute Gasteiger partial charge is 0.386 e. The van der Waals surface area contributed by atoms with Gasteiger partial charge < -0.3 is 11.1 Å². The van der Waals surface area contributed by atoms with Crippen LogP contribution in [0.25, 0.3) is 0 Å². The monoisotopic (exact) mass is 228 g/mol. The lowest BCUT2D eigenvalue weighted by Gasteiger charge is -2.08. The van der Waals surface area contributed by atoms with Crippen LogP contribution in [-0.4, -0.2) is 6.54 Å². The van der Waals surface area contributed by atoms with Gasteiger partial charge in [0.2, 0.25) is 0 Å². The van der Waals surface area contributed by atoms with Crippen LogP contribution in [0, 0.1) is 0 Å². The van der Waals surface area contributed by atoms with E-state index in [9.17, 15) is 0 Å². The number of halogens is 2. The quantitative estimate of drug-likeness (QED) is 0.776. The Balaban J connectivity index is 2.32. The minimum absolute atomic E-state index is 0.270. The Morgan fingerprint density at radius 1 is 1.21 bits per heavy atom. The molecule has 1 aliphatic rings. The summed E-state index contributed by atoms with van der Waals surface area (Å²) < 4.78 is 0. The standard InChI is InChI=1S/C10H10Cl2N2/c11-8-1-6(2-9(12)4-8)7-3-10(13)14-5-7/h1-4,7,14H,5,13H2/t7-/m1/s1. The lowest BCUT2D eigenvalue weighted by molar-refractivity contribution is 0.791. The second-order valence-electron chi connectivity index (χ2n) is 3.31. The molecule has 0 saturated heterocycles. The highest BCUT2D eigenvalue weighted by Gasteiger charge is 2.15. The molecule has 74 valence electrons. The smallest absolute Gasteiger partial charge is 0.0926 e. The van der Waals surface area contributed by atoms with E-state index in [1.54, 1.807) is 6.07 Å². The van der Waals surface area contributed by atoms with E-state index in [0.717, 1.165) is 12.1 Å². The van der Waals surface area contributed by atoms with Crippen LogP contribution in [-0.2, 0) is 0 Å². The van der Waals surface area contributed by atoms with Gasteiger partial charge in [0.25, 0.3) is 0 Å². The van der Waals surface area contributed by atoms with Gasteiger partial charge in [-0.2, -0.15) is 0 Å². The van der Waals surface area contributed by atoms with Crippen molar-refractivity contribution in [3.8, 4) is 0 Å². The molecule has 0 amide bonds. The van der Waals surface area contributed by atoms with E-state index in [1.165, 1.54) is 0 Å². The van der Waals surface area contributed by atoms with Crippen LogP contribution in [0.5, 0.6) is 0 Å². The number of hydrogen-bond acceptors (Lipinski definition) is 2. The first kappa shape index (κ1) is 9.69. The Kier molecular flexibility index (Phi) is 2.57. The fourth-order valence-electron chi connectivity index (χ4n) is 1.57. The van der Waals surface area contributed by atoms with Crippen molar-refractivity contribution in [2.24, 2.45) is 5.73 Å². The van der Waals surface area contributed by atoms with E-state index in [1.807, 2.05) is 18.2 Å². The Morgan fingerprint density at radius 2 is 1.86 bits per heavy atom. The van der Waals surface area contributed by atoms with Gasteiger partial charge in [0.15, 0.2) is 0 Å². The molecular formula is C10H10Cl2N2. The lowest BCUT2D eigenvalue weighted by atomic mass is 10.0. The zero-order chi connectivity index (χ0) is 10.1. The van der Waals surface area contributed by atoms with Crippen LogP contribution in [0.2, 0.25) is 10.0 Å². The Morgan fingerprint density at radius 3 is 2.36 bits per heavy atom. The molecule has 0 unspecified atom stereocenters. The van der Waals surface area contributed by atoms with Gasteiger partial charge in [-0.25, -0.2) is 0 Å². The molecule has 0 spiro atoms. The summed E-state index contributed by atoms with van der Waals surface area (Å²) in [6.07, 6.45) is 1.97. The fourth-order valence-corrected chi connectivity index (χ4v) is 2.11. The maximum absolute atomic E-state index is 5.91. The second-order valence-corrected chi connectivity index (χ2v) is 4.19. The van der Waals surface area contributed by atoms with Crippen molar-refractivity contribution >= 4 is 23.2 Å².